The molecule has 7 nitrogen and oxygen atoms in total. The normalized spacial score (nSPS) is 18.0. The molecule has 0 aromatic heterocycles. The number of morpholine rings is 1. The molecule has 1 aromatic carbocycles. The lowest BCUT2D eigenvalue weighted by atomic mass is 9.78. The van der Waals surface area contributed by atoms with Crippen LogP contribution < -0.4 is 0 Å². The third-order valence-electron chi connectivity index (χ3n) is 6.48. The SMILES string of the molecule is CCOC(=O)C1=C(C)N(CCN2CCOCC2)C(C)=C(C(=O)OCC)C1c1ccccc1C(F)(F)F. The van der Waals surface area contributed by atoms with Crippen molar-refractivity contribution >= 4 is 11.9 Å². The first-order valence-electron chi connectivity index (χ1n) is 12.1. The molecule has 2 heterocycles. The molecule has 2 aliphatic rings. The van der Waals surface area contributed by atoms with E-state index in [9.17, 15) is 22.8 Å². The van der Waals surface area contributed by atoms with Crippen molar-refractivity contribution in [2.24, 2.45) is 0 Å². The van der Waals surface area contributed by atoms with E-state index in [1.807, 2.05) is 0 Å². The Balaban J connectivity index is 2.19. The van der Waals surface area contributed by atoms with Gasteiger partial charge in [0.2, 0.25) is 0 Å². The number of benzene rings is 1. The molecule has 0 radical (unpaired) electrons. The van der Waals surface area contributed by atoms with Crippen LogP contribution in [0.15, 0.2) is 46.8 Å². The predicted octanol–water partition coefficient (Wildman–Crippen LogP) is 4.11. The fourth-order valence-corrected chi connectivity index (χ4v) is 4.77. The molecular formula is C26H33F3N2O5. The zero-order chi connectivity index (χ0) is 26.5. The maximum Gasteiger partial charge on any atom is 0.416 e. The summed E-state index contributed by atoms with van der Waals surface area (Å²) in [5.74, 6) is -2.81. The van der Waals surface area contributed by atoms with Gasteiger partial charge in [-0.1, -0.05) is 18.2 Å². The van der Waals surface area contributed by atoms with E-state index >= 15 is 0 Å². The molecule has 0 bridgehead atoms. The van der Waals surface area contributed by atoms with Crippen LogP contribution in [0.1, 0.15) is 44.7 Å². The summed E-state index contributed by atoms with van der Waals surface area (Å²) in [6, 6.07) is 5.00. The molecule has 0 spiro atoms. The summed E-state index contributed by atoms with van der Waals surface area (Å²) in [6.07, 6.45) is -4.69. The highest BCUT2D eigenvalue weighted by Crippen LogP contribution is 2.46. The first-order valence-corrected chi connectivity index (χ1v) is 12.1. The second-order valence-electron chi connectivity index (χ2n) is 8.56. The minimum atomic E-state index is -4.69. The molecule has 198 valence electrons. The van der Waals surface area contributed by atoms with Gasteiger partial charge >= 0.3 is 18.1 Å². The van der Waals surface area contributed by atoms with E-state index in [1.54, 1.807) is 32.6 Å². The van der Waals surface area contributed by atoms with Crippen LogP contribution in [0.5, 0.6) is 0 Å². The predicted molar refractivity (Wildman–Crippen MR) is 127 cm³/mol. The Morgan fingerprint density at radius 1 is 0.944 bits per heavy atom. The highest BCUT2D eigenvalue weighted by molar-refractivity contribution is 6.00. The van der Waals surface area contributed by atoms with Crippen LogP contribution in [0.25, 0.3) is 0 Å². The minimum Gasteiger partial charge on any atom is -0.463 e. The second kappa shape index (κ2) is 11.9. The lowest BCUT2D eigenvalue weighted by Gasteiger charge is -2.39. The number of hydrogen-bond acceptors (Lipinski definition) is 7. The molecule has 1 fully saturated rings. The minimum absolute atomic E-state index is 0.00387. The van der Waals surface area contributed by atoms with Gasteiger partial charge in [0.05, 0.1) is 49.1 Å². The summed E-state index contributed by atoms with van der Waals surface area (Å²) in [7, 11) is 0. The number of rotatable bonds is 8. The third kappa shape index (κ3) is 5.92. The Morgan fingerprint density at radius 2 is 1.47 bits per heavy atom. The van der Waals surface area contributed by atoms with Gasteiger partial charge in [-0.3, -0.25) is 4.90 Å². The summed E-state index contributed by atoms with van der Waals surface area (Å²) < 4.78 is 58.2. The van der Waals surface area contributed by atoms with E-state index < -0.39 is 29.6 Å². The Bertz CT molecular complexity index is 987. The molecule has 0 aliphatic carbocycles. The van der Waals surface area contributed by atoms with E-state index in [0.29, 0.717) is 37.7 Å². The quantitative estimate of drug-likeness (QED) is 0.488. The fourth-order valence-electron chi connectivity index (χ4n) is 4.77. The van der Waals surface area contributed by atoms with Gasteiger partial charge in [0, 0.05) is 37.6 Å². The Hall–Kier alpha value is -2.85. The Labute approximate surface area is 209 Å². The van der Waals surface area contributed by atoms with Gasteiger partial charge in [0.15, 0.2) is 0 Å². The van der Waals surface area contributed by atoms with Gasteiger partial charge in [0.25, 0.3) is 0 Å². The number of alkyl halides is 3. The molecule has 0 N–H and O–H groups in total. The van der Waals surface area contributed by atoms with Crippen LogP contribution in [0, 0.1) is 0 Å². The van der Waals surface area contributed by atoms with Crippen molar-refractivity contribution in [3.8, 4) is 0 Å². The van der Waals surface area contributed by atoms with Gasteiger partial charge in [-0.05, 0) is 39.3 Å². The summed E-state index contributed by atoms with van der Waals surface area (Å²) in [5.41, 5.74) is -0.194. The van der Waals surface area contributed by atoms with E-state index in [2.05, 4.69) is 4.90 Å². The van der Waals surface area contributed by atoms with Gasteiger partial charge in [-0.2, -0.15) is 13.2 Å². The number of nitrogens with zero attached hydrogens (tertiary/aromatic N) is 2. The van der Waals surface area contributed by atoms with Gasteiger partial charge in [0.1, 0.15) is 0 Å². The average Bonchev–Trinajstić information content (AvgIpc) is 2.84. The van der Waals surface area contributed by atoms with Crippen LogP contribution in [0.4, 0.5) is 13.2 Å². The molecule has 1 saturated heterocycles. The molecular weight excluding hydrogens is 477 g/mol. The van der Waals surface area contributed by atoms with Gasteiger partial charge < -0.3 is 19.1 Å². The van der Waals surface area contributed by atoms with Crippen molar-refractivity contribution in [2.75, 3.05) is 52.6 Å². The van der Waals surface area contributed by atoms with Crippen LogP contribution in [0.3, 0.4) is 0 Å². The van der Waals surface area contributed by atoms with Crippen molar-refractivity contribution in [1.82, 2.24) is 9.80 Å². The van der Waals surface area contributed by atoms with E-state index in [1.165, 1.54) is 18.2 Å². The molecule has 36 heavy (non-hydrogen) atoms. The number of allylic oxidation sites excluding steroid dienone is 2. The summed E-state index contributed by atoms with van der Waals surface area (Å²) >= 11 is 0. The molecule has 3 rings (SSSR count). The van der Waals surface area contributed by atoms with Gasteiger partial charge in [-0.25, -0.2) is 9.59 Å². The van der Waals surface area contributed by atoms with E-state index in [4.69, 9.17) is 14.2 Å². The Kier molecular flexibility index (Phi) is 9.19. The topological polar surface area (TPSA) is 68.3 Å². The molecule has 10 heteroatoms. The summed E-state index contributed by atoms with van der Waals surface area (Å²) in [4.78, 5) is 30.5. The standard InChI is InChI=1S/C26H33F3N2O5/c1-5-35-24(32)21-17(3)31(12-11-30-13-15-34-16-14-30)18(4)22(25(33)36-6-2)23(21)19-9-7-8-10-20(19)26(27,28)29/h7-10,23H,5-6,11-16H2,1-4H3. The van der Waals surface area contributed by atoms with Crippen LogP contribution in [-0.2, 0) is 30.0 Å². The second-order valence-corrected chi connectivity index (χ2v) is 8.56. The lowest BCUT2D eigenvalue weighted by Crippen LogP contribution is -2.43. The third-order valence-corrected chi connectivity index (χ3v) is 6.48. The number of esters is 2. The number of carbonyl (C=O) groups excluding carboxylic acids is 2. The van der Waals surface area contributed by atoms with E-state index in [0.717, 1.165) is 19.2 Å². The number of hydrogen-bond donors (Lipinski definition) is 0. The largest absolute Gasteiger partial charge is 0.463 e. The monoisotopic (exact) mass is 510 g/mol. The molecule has 1 aromatic rings. The van der Waals surface area contributed by atoms with Crippen molar-refractivity contribution < 1.29 is 37.0 Å². The maximum absolute atomic E-state index is 14.1. The first-order chi connectivity index (χ1) is 17.1. The summed E-state index contributed by atoms with van der Waals surface area (Å²) in [5, 5.41) is 0. The zero-order valence-corrected chi connectivity index (χ0v) is 21.1. The maximum atomic E-state index is 14.1. The van der Waals surface area contributed by atoms with Crippen molar-refractivity contribution in [2.45, 2.75) is 39.8 Å². The van der Waals surface area contributed by atoms with Crippen LogP contribution >= 0.6 is 0 Å². The molecule has 0 saturated carbocycles. The molecule has 0 atom stereocenters. The highest BCUT2D eigenvalue weighted by Gasteiger charge is 2.44. The number of halogens is 3. The smallest absolute Gasteiger partial charge is 0.416 e. The van der Waals surface area contributed by atoms with Crippen LogP contribution in [0.2, 0.25) is 0 Å². The number of ether oxygens (including phenoxy) is 3. The zero-order valence-electron chi connectivity index (χ0n) is 21.1. The lowest BCUT2D eigenvalue weighted by molar-refractivity contribution is -0.142. The fraction of sp³-hybridized carbons (Fsp3) is 0.538. The number of carbonyl (C=O) groups is 2. The van der Waals surface area contributed by atoms with E-state index in [-0.39, 0.29) is 29.9 Å². The highest BCUT2D eigenvalue weighted by atomic mass is 19.4. The average molecular weight is 511 g/mol. The Morgan fingerprint density at radius 3 is 1.97 bits per heavy atom. The first kappa shape index (κ1) is 27.7. The molecule has 0 amide bonds. The molecule has 0 unspecified atom stereocenters. The molecule has 2 aliphatic heterocycles. The van der Waals surface area contributed by atoms with Crippen molar-refractivity contribution in [3.05, 3.63) is 57.9 Å². The summed E-state index contributed by atoms with van der Waals surface area (Å²) in [6.45, 7) is 10.4. The van der Waals surface area contributed by atoms with Crippen LogP contribution in [-0.4, -0.2) is 74.3 Å². The van der Waals surface area contributed by atoms with Gasteiger partial charge in [-0.15, -0.1) is 0 Å². The van der Waals surface area contributed by atoms with Crippen molar-refractivity contribution in [3.63, 3.8) is 0 Å². The van der Waals surface area contributed by atoms with Crippen molar-refractivity contribution in [1.29, 1.82) is 0 Å².